The Labute approximate surface area is 123 Å². The van der Waals surface area contributed by atoms with E-state index in [1.165, 1.54) is 6.33 Å². The molecule has 6 nitrogen and oxygen atoms in total. The summed E-state index contributed by atoms with van der Waals surface area (Å²) in [5, 5.41) is 9.35. The molecule has 0 saturated carbocycles. The monoisotopic (exact) mass is 286 g/mol. The van der Waals surface area contributed by atoms with E-state index >= 15 is 0 Å². The first-order valence-electron chi connectivity index (χ1n) is 6.60. The van der Waals surface area contributed by atoms with Crippen LogP contribution in [0, 0.1) is 0 Å². The second-order valence-electron chi connectivity index (χ2n) is 4.81. The summed E-state index contributed by atoms with van der Waals surface area (Å²) in [6.07, 6.45) is 1.40. The van der Waals surface area contributed by atoms with Crippen molar-refractivity contribution in [2.45, 2.75) is 19.9 Å². The van der Waals surface area contributed by atoms with Crippen molar-refractivity contribution in [1.29, 1.82) is 0 Å². The van der Waals surface area contributed by atoms with Crippen LogP contribution in [0.1, 0.15) is 36.1 Å². The fourth-order valence-corrected chi connectivity index (χ4v) is 1.75. The van der Waals surface area contributed by atoms with Crippen molar-refractivity contribution >= 4 is 5.91 Å². The summed E-state index contributed by atoms with van der Waals surface area (Å²) in [6.45, 7) is 7.86. The van der Waals surface area contributed by atoms with E-state index in [-0.39, 0.29) is 11.9 Å². The lowest BCUT2D eigenvalue weighted by atomic mass is 10.1. The van der Waals surface area contributed by atoms with Gasteiger partial charge in [0.05, 0.1) is 11.6 Å². The van der Waals surface area contributed by atoms with Crippen molar-refractivity contribution in [3.05, 3.63) is 54.1 Å². The molecule has 0 saturated heterocycles. The van der Waals surface area contributed by atoms with Gasteiger partial charge in [-0.05, 0) is 31.6 Å². The fraction of sp³-hybridized carbons (Fsp3) is 0.267. The SMILES string of the molecule is C=C(C)COc1ccccc1C(=O)N[C@H](C)c1ncn[nH]1. The maximum atomic E-state index is 12.3. The minimum atomic E-state index is -0.269. The lowest BCUT2D eigenvalue weighted by molar-refractivity contribution is 0.0934. The largest absolute Gasteiger partial charge is 0.488 e. The minimum absolute atomic E-state index is 0.226. The van der Waals surface area contributed by atoms with Gasteiger partial charge in [-0.25, -0.2) is 4.98 Å². The summed E-state index contributed by atoms with van der Waals surface area (Å²) < 4.78 is 5.60. The smallest absolute Gasteiger partial charge is 0.255 e. The molecule has 1 amide bonds. The third kappa shape index (κ3) is 3.92. The Morgan fingerprint density at radius 2 is 2.24 bits per heavy atom. The van der Waals surface area contributed by atoms with Gasteiger partial charge in [0.1, 0.15) is 24.5 Å². The van der Waals surface area contributed by atoms with Crippen LogP contribution in [-0.2, 0) is 0 Å². The van der Waals surface area contributed by atoms with Gasteiger partial charge in [-0.2, -0.15) is 5.10 Å². The van der Waals surface area contributed by atoms with E-state index < -0.39 is 0 Å². The molecule has 0 aliphatic carbocycles. The average molecular weight is 286 g/mol. The molecule has 0 bridgehead atoms. The quantitative estimate of drug-likeness (QED) is 0.798. The highest BCUT2D eigenvalue weighted by Crippen LogP contribution is 2.19. The van der Waals surface area contributed by atoms with Crippen LogP contribution in [0.5, 0.6) is 5.75 Å². The fourth-order valence-electron chi connectivity index (χ4n) is 1.75. The van der Waals surface area contributed by atoms with Gasteiger partial charge in [-0.15, -0.1) is 0 Å². The summed E-state index contributed by atoms with van der Waals surface area (Å²) in [5.74, 6) is 0.905. The summed E-state index contributed by atoms with van der Waals surface area (Å²) in [4.78, 5) is 16.4. The highest BCUT2D eigenvalue weighted by Gasteiger charge is 2.16. The summed E-state index contributed by atoms with van der Waals surface area (Å²) >= 11 is 0. The van der Waals surface area contributed by atoms with E-state index in [2.05, 4.69) is 27.1 Å². The Morgan fingerprint density at radius 1 is 1.48 bits per heavy atom. The number of hydrogen-bond donors (Lipinski definition) is 2. The zero-order chi connectivity index (χ0) is 15.2. The maximum Gasteiger partial charge on any atom is 0.255 e. The van der Waals surface area contributed by atoms with Crippen molar-refractivity contribution in [2.75, 3.05) is 6.61 Å². The van der Waals surface area contributed by atoms with E-state index in [1.54, 1.807) is 18.2 Å². The first-order valence-corrected chi connectivity index (χ1v) is 6.60. The first-order chi connectivity index (χ1) is 10.1. The molecular formula is C15H18N4O2. The number of H-pyrrole nitrogens is 1. The van der Waals surface area contributed by atoms with Gasteiger partial charge < -0.3 is 10.1 Å². The third-order valence-corrected chi connectivity index (χ3v) is 2.80. The number of hydrogen-bond acceptors (Lipinski definition) is 4. The van der Waals surface area contributed by atoms with Gasteiger partial charge in [-0.1, -0.05) is 18.7 Å². The number of rotatable bonds is 6. The number of nitrogens with zero attached hydrogens (tertiary/aromatic N) is 2. The predicted octanol–water partition coefficient (Wildman–Crippen LogP) is 2.25. The van der Waals surface area contributed by atoms with Crippen molar-refractivity contribution in [3.8, 4) is 5.75 Å². The van der Waals surface area contributed by atoms with Gasteiger partial charge in [0.2, 0.25) is 0 Å². The van der Waals surface area contributed by atoms with Crippen molar-refractivity contribution in [2.24, 2.45) is 0 Å². The van der Waals surface area contributed by atoms with Crippen LogP contribution >= 0.6 is 0 Å². The molecule has 0 spiro atoms. The highest BCUT2D eigenvalue weighted by molar-refractivity contribution is 5.97. The predicted molar refractivity (Wildman–Crippen MR) is 79.0 cm³/mol. The molecular weight excluding hydrogens is 268 g/mol. The van der Waals surface area contributed by atoms with Crippen LogP contribution in [0.2, 0.25) is 0 Å². The van der Waals surface area contributed by atoms with Crippen molar-refractivity contribution in [3.63, 3.8) is 0 Å². The highest BCUT2D eigenvalue weighted by atomic mass is 16.5. The third-order valence-electron chi connectivity index (χ3n) is 2.80. The molecule has 1 heterocycles. The number of amides is 1. The summed E-state index contributed by atoms with van der Waals surface area (Å²) in [6, 6.07) is 6.83. The molecule has 1 aromatic heterocycles. The van der Waals surface area contributed by atoms with Crippen LogP contribution in [0.4, 0.5) is 0 Å². The standard InChI is InChI=1S/C15H18N4O2/c1-10(2)8-21-13-7-5-4-6-12(13)15(20)18-11(3)14-16-9-17-19-14/h4-7,9,11H,1,8H2,2-3H3,(H,18,20)(H,16,17,19)/t11-/m1/s1. The second-order valence-corrected chi connectivity index (χ2v) is 4.81. The summed E-state index contributed by atoms with van der Waals surface area (Å²) in [7, 11) is 0. The zero-order valence-electron chi connectivity index (χ0n) is 12.1. The molecule has 0 radical (unpaired) electrons. The van der Waals surface area contributed by atoms with Gasteiger partial charge in [0.25, 0.3) is 5.91 Å². The Balaban J connectivity index is 2.10. The topological polar surface area (TPSA) is 79.9 Å². The molecule has 0 unspecified atom stereocenters. The van der Waals surface area contributed by atoms with E-state index in [0.29, 0.717) is 23.7 Å². The summed E-state index contributed by atoms with van der Waals surface area (Å²) in [5.41, 5.74) is 1.37. The van der Waals surface area contributed by atoms with E-state index in [9.17, 15) is 4.79 Å². The number of aromatic amines is 1. The van der Waals surface area contributed by atoms with Crippen molar-refractivity contribution < 1.29 is 9.53 Å². The molecule has 6 heteroatoms. The lowest BCUT2D eigenvalue weighted by Gasteiger charge is -2.14. The number of nitrogens with one attached hydrogen (secondary N) is 2. The molecule has 2 rings (SSSR count). The Kier molecular flexibility index (Phi) is 4.71. The normalized spacial score (nSPS) is 11.7. The Bertz CT molecular complexity index is 622. The van der Waals surface area contributed by atoms with E-state index in [4.69, 9.17) is 4.74 Å². The molecule has 2 aromatic rings. The molecule has 2 N–H and O–H groups in total. The number of para-hydroxylation sites is 1. The van der Waals surface area contributed by atoms with E-state index in [1.807, 2.05) is 19.9 Å². The number of carbonyl (C=O) groups excluding carboxylic acids is 1. The molecule has 110 valence electrons. The molecule has 21 heavy (non-hydrogen) atoms. The van der Waals surface area contributed by atoms with Crippen LogP contribution < -0.4 is 10.1 Å². The Morgan fingerprint density at radius 3 is 2.90 bits per heavy atom. The van der Waals surface area contributed by atoms with Crippen LogP contribution in [0.3, 0.4) is 0 Å². The van der Waals surface area contributed by atoms with Gasteiger partial charge in [0, 0.05) is 0 Å². The number of aromatic nitrogens is 3. The molecule has 0 aliphatic heterocycles. The number of ether oxygens (including phenoxy) is 1. The zero-order valence-corrected chi connectivity index (χ0v) is 12.1. The average Bonchev–Trinajstić information content (AvgIpc) is 2.99. The molecule has 1 aromatic carbocycles. The minimum Gasteiger partial charge on any atom is -0.488 e. The number of carbonyl (C=O) groups is 1. The van der Waals surface area contributed by atoms with Gasteiger partial charge in [-0.3, -0.25) is 9.89 Å². The van der Waals surface area contributed by atoms with Gasteiger partial charge >= 0.3 is 0 Å². The second kappa shape index (κ2) is 6.69. The van der Waals surface area contributed by atoms with Gasteiger partial charge in [0.15, 0.2) is 0 Å². The van der Waals surface area contributed by atoms with E-state index in [0.717, 1.165) is 5.57 Å². The maximum absolute atomic E-state index is 12.3. The van der Waals surface area contributed by atoms with Crippen LogP contribution in [-0.4, -0.2) is 27.7 Å². The molecule has 0 aliphatic rings. The first kappa shape index (κ1) is 14.8. The van der Waals surface area contributed by atoms with Crippen LogP contribution in [0.25, 0.3) is 0 Å². The Hall–Kier alpha value is -2.63. The van der Waals surface area contributed by atoms with Crippen LogP contribution in [0.15, 0.2) is 42.7 Å². The number of benzene rings is 1. The van der Waals surface area contributed by atoms with Crippen molar-refractivity contribution in [1.82, 2.24) is 20.5 Å². The molecule has 1 atom stereocenters. The lowest BCUT2D eigenvalue weighted by Crippen LogP contribution is -2.27. The molecule has 0 fully saturated rings.